The molecule has 3 rings (SSSR count). The molecule has 122 valence electrons. The summed E-state index contributed by atoms with van der Waals surface area (Å²) >= 11 is 0. The van der Waals surface area contributed by atoms with Gasteiger partial charge in [-0.25, -0.2) is 9.37 Å². The summed E-state index contributed by atoms with van der Waals surface area (Å²) in [5.41, 5.74) is 1.37. The molecule has 0 spiro atoms. The van der Waals surface area contributed by atoms with Crippen molar-refractivity contribution < 1.29 is 9.18 Å². The number of hydrogen-bond donors (Lipinski definition) is 2. The van der Waals surface area contributed by atoms with E-state index in [1.807, 2.05) is 30.3 Å². The van der Waals surface area contributed by atoms with Crippen LogP contribution in [0.1, 0.15) is 23.0 Å². The lowest BCUT2D eigenvalue weighted by atomic mass is 10.0. The number of aromatic amines is 1. The summed E-state index contributed by atoms with van der Waals surface area (Å²) < 4.78 is 13.7. The lowest BCUT2D eigenvalue weighted by Crippen LogP contribution is -2.31. The summed E-state index contributed by atoms with van der Waals surface area (Å²) in [5, 5.41) is 2.98. The quantitative estimate of drug-likeness (QED) is 0.732. The predicted molar refractivity (Wildman–Crippen MR) is 89.7 cm³/mol. The maximum absolute atomic E-state index is 13.7. The largest absolute Gasteiger partial charge is 0.349 e. The molecule has 0 unspecified atom stereocenters. The maximum Gasteiger partial charge on any atom is 0.225 e. The van der Waals surface area contributed by atoms with Gasteiger partial charge in [-0.05, 0) is 17.2 Å². The van der Waals surface area contributed by atoms with Crippen molar-refractivity contribution in [3.8, 4) is 0 Å². The average Bonchev–Trinajstić information content (AvgIpc) is 3.10. The van der Waals surface area contributed by atoms with Gasteiger partial charge in [-0.15, -0.1) is 0 Å². The van der Waals surface area contributed by atoms with E-state index in [1.54, 1.807) is 30.6 Å². The summed E-state index contributed by atoms with van der Waals surface area (Å²) in [6, 6.07) is 15.8. The Labute approximate surface area is 139 Å². The minimum absolute atomic E-state index is 0.00810. The van der Waals surface area contributed by atoms with Gasteiger partial charge in [-0.3, -0.25) is 4.79 Å². The van der Waals surface area contributed by atoms with Crippen LogP contribution in [0.4, 0.5) is 4.39 Å². The van der Waals surface area contributed by atoms with Crippen LogP contribution in [0, 0.1) is 5.82 Å². The zero-order valence-corrected chi connectivity index (χ0v) is 13.1. The van der Waals surface area contributed by atoms with Crippen molar-refractivity contribution in [3.63, 3.8) is 0 Å². The summed E-state index contributed by atoms with van der Waals surface area (Å²) in [4.78, 5) is 19.6. The molecule has 2 N–H and O–H groups in total. The van der Waals surface area contributed by atoms with E-state index in [4.69, 9.17) is 0 Å². The van der Waals surface area contributed by atoms with Gasteiger partial charge in [0.05, 0.1) is 12.5 Å². The zero-order valence-electron chi connectivity index (χ0n) is 13.1. The van der Waals surface area contributed by atoms with Gasteiger partial charge in [0.2, 0.25) is 5.91 Å². The number of amides is 1. The number of hydrogen-bond acceptors (Lipinski definition) is 2. The summed E-state index contributed by atoms with van der Waals surface area (Å²) in [5.74, 6) is 0.200. The van der Waals surface area contributed by atoms with Gasteiger partial charge in [-0.2, -0.15) is 0 Å². The highest BCUT2D eigenvalue weighted by Crippen LogP contribution is 2.17. The molecule has 2 aromatic carbocycles. The van der Waals surface area contributed by atoms with Crippen LogP contribution < -0.4 is 5.32 Å². The van der Waals surface area contributed by atoms with E-state index in [1.165, 1.54) is 6.07 Å². The fourth-order valence-corrected chi connectivity index (χ4v) is 2.60. The number of carbonyl (C=O) groups excluding carboxylic acids is 1. The van der Waals surface area contributed by atoms with Crippen LogP contribution in [0.25, 0.3) is 0 Å². The van der Waals surface area contributed by atoms with Gasteiger partial charge < -0.3 is 10.3 Å². The van der Waals surface area contributed by atoms with E-state index in [0.29, 0.717) is 12.0 Å². The van der Waals surface area contributed by atoms with Crippen LogP contribution in [0.5, 0.6) is 0 Å². The number of benzene rings is 2. The van der Waals surface area contributed by atoms with Gasteiger partial charge in [-0.1, -0.05) is 48.5 Å². The van der Waals surface area contributed by atoms with Crippen LogP contribution in [0.2, 0.25) is 0 Å². The molecule has 0 bridgehead atoms. The van der Waals surface area contributed by atoms with Crippen molar-refractivity contribution in [2.24, 2.45) is 0 Å². The number of nitrogens with zero attached hydrogens (tertiary/aromatic N) is 1. The molecule has 24 heavy (non-hydrogen) atoms. The third-order valence-corrected chi connectivity index (χ3v) is 3.80. The monoisotopic (exact) mass is 323 g/mol. The van der Waals surface area contributed by atoms with Gasteiger partial charge in [0.25, 0.3) is 0 Å². The first-order valence-electron chi connectivity index (χ1n) is 7.78. The second-order valence-corrected chi connectivity index (χ2v) is 5.54. The highest BCUT2D eigenvalue weighted by atomic mass is 19.1. The van der Waals surface area contributed by atoms with E-state index in [9.17, 15) is 9.18 Å². The number of aromatic nitrogens is 2. The van der Waals surface area contributed by atoms with Gasteiger partial charge in [0.15, 0.2) is 0 Å². The summed E-state index contributed by atoms with van der Waals surface area (Å²) in [6.07, 6.45) is 3.98. The molecule has 0 fully saturated rings. The second kappa shape index (κ2) is 7.55. The molecule has 0 aliphatic carbocycles. The number of carbonyl (C=O) groups is 1. The fraction of sp³-hybridized carbons (Fsp3) is 0.158. The lowest BCUT2D eigenvalue weighted by molar-refractivity contribution is -0.121. The van der Waals surface area contributed by atoms with Gasteiger partial charge >= 0.3 is 0 Å². The molecular weight excluding hydrogens is 305 g/mol. The molecule has 5 heteroatoms. The number of nitrogens with one attached hydrogen (secondary N) is 2. The summed E-state index contributed by atoms with van der Waals surface area (Å²) in [6.45, 7) is 0. The van der Waals surface area contributed by atoms with Crippen LogP contribution in [0.3, 0.4) is 0 Å². The highest BCUT2D eigenvalue weighted by Gasteiger charge is 2.17. The number of rotatable bonds is 6. The molecule has 3 aromatic rings. The van der Waals surface area contributed by atoms with Gasteiger partial charge in [0, 0.05) is 18.8 Å². The molecule has 4 nitrogen and oxygen atoms in total. The SMILES string of the molecule is O=C(Cc1ccccc1F)N[C@@H](Cc1ncc[nH]1)c1ccccc1. The molecule has 0 radical (unpaired) electrons. The normalized spacial score (nSPS) is 11.9. The van der Waals surface area contributed by atoms with Crippen molar-refractivity contribution in [2.75, 3.05) is 0 Å². The Bertz CT molecular complexity index is 787. The van der Waals surface area contributed by atoms with Crippen molar-refractivity contribution in [1.29, 1.82) is 0 Å². The van der Waals surface area contributed by atoms with Crippen molar-refractivity contribution in [3.05, 3.63) is 89.8 Å². The van der Waals surface area contributed by atoms with E-state index >= 15 is 0 Å². The average molecular weight is 323 g/mol. The molecule has 1 heterocycles. The second-order valence-electron chi connectivity index (χ2n) is 5.54. The first-order valence-corrected chi connectivity index (χ1v) is 7.78. The minimum Gasteiger partial charge on any atom is -0.349 e. The third-order valence-electron chi connectivity index (χ3n) is 3.80. The first-order chi connectivity index (χ1) is 11.7. The Morgan fingerprint density at radius 3 is 2.58 bits per heavy atom. The molecule has 0 aliphatic heterocycles. The number of imidazole rings is 1. The molecule has 0 saturated carbocycles. The van der Waals surface area contributed by atoms with E-state index < -0.39 is 0 Å². The predicted octanol–water partition coefficient (Wildman–Crippen LogP) is 3.19. The van der Waals surface area contributed by atoms with Crippen LogP contribution in [-0.2, 0) is 17.6 Å². The van der Waals surface area contributed by atoms with Gasteiger partial charge in [0.1, 0.15) is 11.6 Å². The molecule has 0 saturated heterocycles. The molecule has 0 aliphatic rings. The van der Waals surface area contributed by atoms with E-state index in [2.05, 4.69) is 15.3 Å². The standard InChI is InChI=1S/C19H18FN3O/c20-16-9-5-4-8-15(16)12-19(24)23-17(13-18-21-10-11-22-18)14-6-2-1-3-7-14/h1-11,17H,12-13H2,(H,21,22)(H,23,24)/t17-/m0/s1. The zero-order chi connectivity index (χ0) is 16.8. The molecule has 1 amide bonds. The Morgan fingerprint density at radius 2 is 1.88 bits per heavy atom. The van der Waals surface area contributed by atoms with E-state index in [0.717, 1.165) is 11.4 Å². The lowest BCUT2D eigenvalue weighted by Gasteiger charge is -2.18. The Balaban J connectivity index is 1.74. The topological polar surface area (TPSA) is 57.8 Å². The van der Waals surface area contributed by atoms with Crippen LogP contribution >= 0.6 is 0 Å². The minimum atomic E-state index is -0.366. The van der Waals surface area contributed by atoms with Crippen molar-refractivity contribution >= 4 is 5.91 Å². The summed E-state index contributed by atoms with van der Waals surface area (Å²) in [7, 11) is 0. The molecule has 1 atom stereocenters. The van der Waals surface area contributed by atoms with Crippen LogP contribution in [0.15, 0.2) is 67.0 Å². The third kappa shape index (κ3) is 4.07. The van der Waals surface area contributed by atoms with E-state index in [-0.39, 0.29) is 24.2 Å². The Hall–Kier alpha value is -2.95. The van der Waals surface area contributed by atoms with Crippen molar-refractivity contribution in [1.82, 2.24) is 15.3 Å². The Morgan fingerprint density at radius 1 is 1.12 bits per heavy atom. The van der Waals surface area contributed by atoms with Crippen molar-refractivity contribution in [2.45, 2.75) is 18.9 Å². The maximum atomic E-state index is 13.7. The number of H-pyrrole nitrogens is 1. The number of halogens is 1. The first kappa shape index (κ1) is 15.9. The Kier molecular flexibility index (Phi) is 5.01. The van der Waals surface area contributed by atoms with Crippen LogP contribution in [-0.4, -0.2) is 15.9 Å². The molecule has 1 aromatic heterocycles. The molecular formula is C19H18FN3O. The fourth-order valence-electron chi connectivity index (χ4n) is 2.60. The smallest absolute Gasteiger partial charge is 0.225 e. The highest BCUT2D eigenvalue weighted by molar-refractivity contribution is 5.79.